The second kappa shape index (κ2) is 2.35. The molecule has 2 heterocycles. The van der Waals surface area contributed by atoms with Crippen molar-refractivity contribution in [2.24, 2.45) is 17.3 Å². The maximum absolute atomic E-state index is 5.81. The van der Waals surface area contributed by atoms with Crippen molar-refractivity contribution < 1.29 is 4.74 Å². The molecule has 0 aliphatic carbocycles. The number of ether oxygens (including phenoxy) is 1. The summed E-state index contributed by atoms with van der Waals surface area (Å²) in [5, 5.41) is 0. The average molecular weight is 166 g/mol. The average Bonchev–Trinajstić information content (AvgIpc) is 2.42. The fraction of sp³-hybridized carbons (Fsp3) is 0.818. The van der Waals surface area contributed by atoms with Crippen LogP contribution < -0.4 is 0 Å². The van der Waals surface area contributed by atoms with Crippen LogP contribution >= 0.6 is 0 Å². The molecule has 12 heavy (non-hydrogen) atoms. The van der Waals surface area contributed by atoms with E-state index in [0.29, 0.717) is 29.5 Å². The number of hydrogen-bond donors (Lipinski definition) is 0. The van der Waals surface area contributed by atoms with E-state index in [9.17, 15) is 0 Å². The van der Waals surface area contributed by atoms with Gasteiger partial charge >= 0.3 is 0 Å². The topological polar surface area (TPSA) is 9.23 Å². The van der Waals surface area contributed by atoms with Gasteiger partial charge in [-0.3, -0.25) is 0 Å². The van der Waals surface area contributed by atoms with Gasteiger partial charge < -0.3 is 4.74 Å². The van der Waals surface area contributed by atoms with Crippen LogP contribution in [0.4, 0.5) is 0 Å². The Morgan fingerprint density at radius 3 is 2.00 bits per heavy atom. The van der Waals surface area contributed by atoms with Crippen molar-refractivity contribution in [2.75, 3.05) is 0 Å². The summed E-state index contributed by atoms with van der Waals surface area (Å²) in [6.07, 6.45) is 5.25. The smallest absolute Gasteiger partial charge is 0.0801 e. The Bertz CT molecular complexity index is 212. The minimum Gasteiger partial charge on any atom is -0.366 e. The lowest BCUT2D eigenvalue weighted by molar-refractivity contribution is 0.0850. The van der Waals surface area contributed by atoms with E-state index < -0.39 is 0 Å². The fourth-order valence-electron chi connectivity index (χ4n) is 2.78. The van der Waals surface area contributed by atoms with Crippen molar-refractivity contribution >= 4 is 0 Å². The third kappa shape index (κ3) is 1.03. The van der Waals surface area contributed by atoms with Gasteiger partial charge in [0.25, 0.3) is 0 Å². The summed E-state index contributed by atoms with van der Waals surface area (Å²) in [4.78, 5) is 0. The van der Waals surface area contributed by atoms with Crippen LogP contribution in [0, 0.1) is 17.3 Å². The van der Waals surface area contributed by atoms with Gasteiger partial charge in [0.1, 0.15) is 0 Å². The molecule has 0 radical (unpaired) electrons. The van der Waals surface area contributed by atoms with Gasteiger partial charge in [0.15, 0.2) is 0 Å². The van der Waals surface area contributed by atoms with E-state index in [1.54, 1.807) is 0 Å². The molecule has 0 aromatic heterocycles. The summed E-state index contributed by atoms with van der Waals surface area (Å²) in [5.41, 5.74) is 0.379. The van der Waals surface area contributed by atoms with E-state index in [2.05, 4.69) is 39.8 Å². The van der Waals surface area contributed by atoms with Crippen molar-refractivity contribution in [3.8, 4) is 0 Å². The first-order valence-electron chi connectivity index (χ1n) is 4.84. The minimum absolute atomic E-state index is 0.379. The molecule has 1 saturated heterocycles. The zero-order valence-electron chi connectivity index (χ0n) is 8.37. The summed E-state index contributed by atoms with van der Waals surface area (Å²) in [5.74, 6) is 1.40. The SMILES string of the molecule is CC1C2C=CC(O2)C1C(C)(C)C. The largest absolute Gasteiger partial charge is 0.366 e. The fourth-order valence-corrected chi connectivity index (χ4v) is 2.78. The van der Waals surface area contributed by atoms with Crippen molar-refractivity contribution in [3.63, 3.8) is 0 Å². The van der Waals surface area contributed by atoms with Crippen LogP contribution in [-0.2, 0) is 4.74 Å². The predicted molar refractivity (Wildman–Crippen MR) is 49.9 cm³/mol. The van der Waals surface area contributed by atoms with Gasteiger partial charge in [0.2, 0.25) is 0 Å². The molecule has 1 heteroatoms. The molecule has 2 aliphatic heterocycles. The lowest BCUT2D eigenvalue weighted by Crippen LogP contribution is -2.33. The summed E-state index contributed by atoms with van der Waals surface area (Å²) in [6, 6.07) is 0. The molecular formula is C11H18O. The normalized spacial score (nSPS) is 45.7. The first-order valence-corrected chi connectivity index (χ1v) is 4.84. The second-order valence-electron chi connectivity index (χ2n) is 5.20. The summed E-state index contributed by atoms with van der Waals surface area (Å²) < 4.78 is 5.81. The predicted octanol–water partition coefficient (Wildman–Crippen LogP) is 2.62. The minimum atomic E-state index is 0.379. The van der Waals surface area contributed by atoms with Crippen LogP contribution in [0.5, 0.6) is 0 Å². The summed E-state index contributed by atoms with van der Waals surface area (Å²) in [7, 11) is 0. The number of rotatable bonds is 0. The molecular weight excluding hydrogens is 148 g/mol. The third-order valence-corrected chi connectivity index (χ3v) is 3.24. The molecule has 0 spiro atoms. The summed E-state index contributed by atoms with van der Waals surface area (Å²) in [6.45, 7) is 9.24. The van der Waals surface area contributed by atoms with Gasteiger partial charge in [-0.25, -0.2) is 0 Å². The molecule has 2 rings (SSSR count). The lowest BCUT2D eigenvalue weighted by Gasteiger charge is -2.34. The highest BCUT2D eigenvalue weighted by Gasteiger charge is 2.48. The van der Waals surface area contributed by atoms with Crippen LogP contribution in [0.3, 0.4) is 0 Å². The molecule has 0 saturated carbocycles. The molecule has 68 valence electrons. The van der Waals surface area contributed by atoms with Crippen LogP contribution in [-0.4, -0.2) is 12.2 Å². The van der Waals surface area contributed by atoms with E-state index in [1.807, 2.05) is 0 Å². The Balaban J connectivity index is 2.24. The monoisotopic (exact) mass is 166 g/mol. The van der Waals surface area contributed by atoms with E-state index >= 15 is 0 Å². The highest BCUT2D eigenvalue weighted by Crippen LogP contribution is 2.47. The standard InChI is InChI=1S/C11H18O/c1-7-8-5-6-9(12-8)10(7)11(2,3)4/h5-10H,1-4H3. The Kier molecular flexibility index (Phi) is 1.63. The molecule has 1 fully saturated rings. The van der Waals surface area contributed by atoms with E-state index in [-0.39, 0.29) is 0 Å². The molecule has 4 unspecified atom stereocenters. The van der Waals surface area contributed by atoms with Crippen LogP contribution in [0.15, 0.2) is 12.2 Å². The third-order valence-electron chi connectivity index (χ3n) is 3.24. The molecule has 2 aliphatic rings. The lowest BCUT2D eigenvalue weighted by atomic mass is 9.69. The van der Waals surface area contributed by atoms with Gasteiger partial charge in [-0.1, -0.05) is 39.8 Å². The van der Waals surface area contributed by atoms with Gasteiger partial charge in [0, 0.05) is 0 Å². The van der Waals surface area contributed by atoms with Gasteiger partial charge in [0.05, 0.1) is 12.2 Å². The van der Waals surface area contributed by atoms with Crippen LogP contribution in [0.2, 0.25) is 0 Å². The first-order chi connectivity index (χ1) is 5.50. The first kappa shape index (κ1) is 8.31. The molecule has 0 amide bonds. The van der Waals surface area contributed by atoms with Crippen molar-refractivity contribution in [2.45, 2.75) is 39.9 Å². The van der Waals surface area contributed by atoms with Crippen molar-refractivity contribution in [1.29, 1.82) is 0 Å². The summed E-state index contributed by atoms with van der Waals surface area (Å²) >= 11 is 0. The Hall–Kier alpha value is -0.300. The highest BCUT2D eigenvalue weighted by molar-refractivity contribution is 5.15. The van der Waals surface area contributed by atoms with Crippen LogP contribution in [0.25, 0.3) is 0 Å². The van der Waals surface area contributed by atoms with E-state index in [0.717, 1.165) is 0 Å². The van der Waals surface area contributed by atoms with E-state index in [4.69, 9.17) is 4.74 Å². The molecule has 2 bridgehead atoms. The molecule has 4 atom stereocenters. The Labute approximate surface area is 74.8 Å². The Morgan fingerprint density at radius 2 is 1.67 bits per heavy atom. The maximum atomic E-state index is 5.81. The van der Waals surface area contributed by atoms with Gasteiger partial charge in [-0.2, -0.15) is 0 Å². The van der Waals surface area contributed by atoms with Crippen LogP contribution in [0.1, 0.15) is 27.7 Å². The number of fused-ring (bicyclic) bond motifs is 2. The highest BCUT2D eigenvalue weighted by atomic mass is 16.5. The van der Waals surface area contributed by atoms with Gasteiger partial charge in [-0.15, -0.1) is 0 Å². The second-order valence-corrected chi connectivity index (χ2v) is 5.20. The molecule has 0 aromatic carbocycles. The molecule has 0 N–H and O–H groups in total. The Morgan fingerprint density at radius 1 is 1.08 bits per heavy atom. The van der Waals surface area contributed by atoms with Crippen molar-refractivity contribution in [1.82, 2.24) is 0 Å². The van der Waals surface area contributed by atoms with E-state index in [1.165, 1.54) is 0 Å². The van der Waals surface area contributed by atoms with Gasteiger partial charge in [-0.05, 0) is 17.3 Å². The maximum Gasteiger partial charge on any atom is 0.0801 e. The number of hydrogen-bond acceptors (Lipinski definition) is 1. The molecule has 0 aromatic rings. The van der Waals surface area contributed by atoms with Crippen molar-refractivity contribution in [3.05, 3.63) is 12.2 Å². The zero-order valence-corrected chi connectivity index (χ0v) is 8.37. The quantitative estimate of drug-likeness (QED) is 0.503. The zero-order chi connectivity index (χ0) is 8.93. The molecule has 1 nitrogen and oxygen atoms in total.